The van der Waals surface area contributed by atoms with Crippen LogP contribution >= 0.6 is 0 Å². The van der Waals surface area contributed by atoms with Crippen molar-refractivity contribution in [1.82, 2.24) is 14.8 Å². The van der Waals surface area contributed by atoms with Gasteiger partial charge in [0, 0.05) is 29.7 Å². The number of ether oxygens (including phenoxy) is 1. The van der Waals surface area contributed by atoms with E-state index in [0.29, 0.717) is 12.2 Å². The topological polar surface area (TPSA) is 89.3 Å². The first-order valence-corrected chi connectivity index (χ1v) is 8.71. The molecule has 0 saturated carbocycles. The lowest BCUT2D eigenvalue weighted by Crippen LogP contribution is -2.43. The Labute approximate surface area is 156 Å². The summed E-state index contributed by atoms with van der Waals surface area (Å²) in [5.74, 6) is 1.24. The molecule has 2 heterocycles. The number of methoxy groups -OCH3 is 1. The first kappa shape index (κ1) is 17.1. The van der Waals surface area contributed by atoms with E-state index in [2.05, 4.69) is 5.32 Å². The van der Waals surface area contributed by atoms with Crippen molar-refractivity contribution >= 4 is 11.7 Å². The highest BCUT2D eigenvalue weighted by molar-refractivity contribution is 5.78. The van der Waals surface area contributed by atoms with Crippen molar-refractivity contribution in [3.63, 3.8) is 0 Å². The van der Waals surface area contributed by atoms with Gasteiger partial charge in [0.15, 0.2) is 11.6 Å². The minimum Gasteiger partial charge on any atom is -0.497 e. The van der Waals surface area contributed by atoms with Gasteiger partial charge in [0.05, 0.1) is 7.11 Å². The molecule has 27 heavy (non-hydrogen) atoms. The molecule has 2 aromatic carbocycles. The third kappa shape index (κ3) is 3.01. The van der Waals surface area contributed by atoms with Crippen molar-refractivity contribution < 1.29 is 14.6 Å². The van der Waals surface area contributed by atoms with Crippen molar-refractivity contribution in [1.29, 1.82) is 0 Å². The van der Waals surface area contributed by atoms with E-state index in [1.54, 1.807) is 11.8 Å². The highest BCUT2D eigenvalue weighted by atomic mass is 16.5. The van der Waals surface area contributed by atoms with Crippen LogP contribution in [0.25, 0.3) is 22.8 Å². The summed E-state index contributed by atoms with van der Waals surface area (Å²) in [6.45, 7) is 1.95. The summed E-state index contributed by atoms with van der Waals surface area (Å²) in [7, 11) is 1.62. The van der Waals surface area contributed by atoms with Crippen molar-refractivity contribution in [2.24, 2.45) is 0 Å². The molecule has 0 saturated heterocycles. The SMILES string of the molecule is COc1ccc(-c2nc3n(n2)[C@](C)(CCC(=O)O)Nc2ccccc2-3)cc1. The summed E-state index contributed by atoms with van der Waals surface area (Å²) in [5, 5.41) is 17.3. The second kappa shape index (κ2) is 6.42. The third-order valence-corrected chi connectivity index (χ3v) is 4.82. The maximum atomic E-state index is 11.1. The molecule has 7 heteroatoms. The highest BCUT2D eigenvalue weighted by Crippen LogP contribution is 2.40. The van der Waals surface area contributed by atoms with Gasteiger partial charge >= 0.3 is 5.97 Å². The molecule has 0 bridgehead atoms. The number of fused-ring (bicyclic) bond motifs is 3. The molecule has 1 aliphatic rings. The zero-order valence-corrected chi connectivity index (χ0v) is 15.1. The van der Waals surface area contributed by atoms with Crippen LogP contribution in [-0.2, 0) is 10.5 Å². The number of nitrogens with zero attached hydrogens (tertiary/aromatic N) is 3. The fourth-order valence-electron chi connectivity index (χ4n) is 3.34. The Morgan fingerprint density at radius 3 is 2.67 bits per heavy atom. The molecular weight excluding hydrogens is 344 g/mol. The number of carboxylic acids is 1. The van der Waals surface area contributed by atoms with Crippen LogP contribution in [0, 0.1) is 0 Å². The molecule has 3 aromatic rings. The average molecular weight is 364 g/mol. The molecule has 0 aliphatic carbocycles. The number of hydrogen-bond donors (Lipinski definition) is 2. The zero-order valence-electron chi connectivity index (χ0n) is 15.1. The van der Waals surface area contributed by atoms with Gasteiger partial charge in [0.1, 0.15) is 11.4 Å². The first-order valence-electron chi connectivity index (χ1n) is 8.71. The lowest BCUT2D eigenvalue weighted by molar-refractivity contribution is -0.137. The van der Waals surface area contributed by atoms with Crippen molar-refractivity contribution in [3.8, 4) is 28.5 Å². The van der Waals surface area contributed by atoms with Gasteiger partial charge in [-0.05, 0) is 43.3 Å². The summed E-state index contributed by atoms with van der Waals surface area (Å²) >= 11 is 0. The van der Waals surface area contributed by atoms with Gasteiger partial charge in [-0.15, -0.1) is 5.10 Å². The standard InChI is InChI=1S/C20H20N4O3/c1-20(12-11-17(25)26)22-16-6-4-3-5-15(16)19-21-18(23-24(19)20)13-7-9-14(27-2)10-8-13/h3-10,22H,11-12H2,1-2H3,(H,25,26)/t20-/m1/s1. The number of hydrogen-bond acceptors (Lipinski definition) is 5. The van der Waals surface area contributed by atoms with E-state index in [1.807, 2.05) is 55.5 Å². The highest BCUT2D eigenvalue weighted by Gasteiger charge is 2.37. The molecule has 0 unspecified atom stereocenters. The van der Waals surface area contributed by atoms with Gasteiger partial charge in [0.25, 0.3) is 0 Å². The Kier molecular flexibility index (Phi) is 4.07. The molecule has 7 nitrogen and oxygen atoms in total. The lowest BCUT2D eigenvalue weighted by Gasteiger charge is -2.37. The van der Waals surface area contributed by atoms with Gasteiger partial charge in [0.2, 0.25) is 0 Å². The summed E-state index contributed by atoms with van der Waals surface area (Å²) in [6, 6.07) is 15.4. The van der Waals surface area contributed by atoms with Crippen LogP contribution in [-0.4, -0.2) is 33.0 Å². The Bertz CT molecular complexity index is 997. The Morgan fingerprint density at radius 2 is 1.96 bits per heavy atom. The molecule has 0 radical (unpaired) electrons. The monoisotopic (exact) mass is 364 g/mol. The number of carboxylic acid groups (broad SMARTS) is 1. The van der Waals surface area contributed by atoms with Crippen LogP contribution in [0.2, 0.25) is 0 Å². The van der Waals surface area contributed by atoms with Gasteiger partial charge in [-0.1, -0.05) is 12.1 Å². The summed E-state index contributed by atoms with van der Waals surface area (Å²) in [5.41, 5.74) is 2.06. The van der Waals surface area contributed by atoms with Crippen LogP contribution < -0.4 is 10.1 Å². The first-order chi connectivity index (χ1) is 13.0. The molecule has 138 valence electrons. The van der Waals surface area contributed by atoms with Crippen molar-refractivity contribution in [2.75, 3.05) is 12.4 Å². The molecule has 1 aliphatic heterocycles. The lowest BCUT2D eigenvalue weighted by atomic mass is 10.00. The molecule has 0 fully saturated rings. The maximum absolute atomic E-state index is 11.1. The van der Waals surface area contributed by atoms with Crippen molar-refractivity contribution in [3.05, 3.63) is 48.5 Å². The molecule has 0 amide bonds. The number of aliphatic carboxylic acids is 1. The molecule has 4 rings (SSSR count). The molecule has 1 atom stereocenters. The normalized spacial score (nSPS) is 17.6. The number of carbonyl (C=O) groups is 1. The van der Waals surface area contributed by atoms with Crippen LogP contribution in [0.1, 0.15) is 19.8 Å². The largest absolute Gasteiger partial charge is 0.497 e. The quantitative estimate of drug-likeness (QED) is 0.719. The number of para-hydroxylation sites is 1. The molecule has 1 aromatic heterocycles. The van der Waals surface area contributed by atoms with Gasteiger partial charge < -0.3 is 15.2 Å². The van der Waals surface area contributed by atoms with Gasteiger partial charge in [-0.25, -0.2) is 9.67 Å². The van der Waals surface area contributed by atoms with E-state index in [1.165, 1.54) is 0 Å². The van der Waals surface area contributed by atoms with E-state index in [0.717, 1.165) is 28.4 Å². The number of anilines is 1. The second-order valence-electron chi connectivity index (χ2n) is 6.74. The van der Waals surface area contributed by atoms with Crippen LogP contribution in [0.15, 0.2) is 48.5 Å². The summed E-state index contributed by atoms with van der Waals surface area (Å²) in [6.07, 6.45) is 0.415. The molecule has 2 N–H and O–H groups in total. The predicted octanol–water partition coefficient (Wildman–Crippen LogP) is 3.58. The smallest absolute Gasteiger partial charge is 0.303 e. The van der Waals surface area contributed by atoms with Crippen molar-refractivity contribution in [2.45, 2.75) is 25.4 Å². The van der Waals surface area contributed by atoms with E-state index < -0.39 is 11.6 Å². The number of benzene rings is 2. The van der Waals surface area contributed by atoms with Crippen LogP contribution in [0.4, 0.5) is 5.69 Å². The zero-order chi connectivity index (χ0) is 19.0. The Morgan fingerprint density at radius 1 is 1.22 bits per heavy atom. The molecular formula is C20H20N4O3. The van der Waals surface area contributed by atoms with E-state index in [-0.39, 0.29) is 6.42 Å². The van der Waals surface area contributed by atoms with Gasteiger partial charge in [-0.3, -0.25) is 4.79 Å². The summed E-state index contributed by atoms with van der Waals surface area (Å²) in [4.78, 5) is 15.9. The van der Waals surface area contributed by atoms with E-state index >= 15 is 0 Å². The van der Waals surface area contributed by atoms with Gasteiger partial charge in [-0.2, -0.15) is 0 Å². The van der Waals surface area contributed by atoms with Crippen LogP contribution in [0.3, 0.4) is 0 Å². The minimum absolute atomic E-state index is 0.0306. The van der Waals surface area contributed by atoms with E-state index in [4.69, 9.17) is 19.9 Å². The maximum Gasteiger partial charge on any atom is 0.303 e. The third-order valence-electron chi connectivity index (χ3n) is 4.82. The molecule has 0 spiro atoms. The van der Waals surface area contributed by atoms with Crippen LogP contribution in [0.5, 0.6) is 5.75 Å². The fraction of sp³-hybridized carbons (Fsp3) is 0.250. The number of aromatic nitrogens is 3. The second-order valence-corrected chi connectivity index (χ2v) is 6.74. The average Bonchev–Trinajstić information content (AvgIpc) is 3.13. The minimum atomic E-state index is -0.839. The summed E-state index contributed by atoms with van der Waals surface area (Å²) < 4.78 is 7.01. The fourth-order valence-corrected chi connectivity index (χ4v) is 3.34. The van der Waals surface area contributed by atoms with E-state index in [9.17, 15) is 4.79 Å². The Hall–Kier alpha value is -3.35. The Balaban J connectivity index is 1.82. The number of rotatable bonds is 5. The number of nitrogens with one attached hydrogen (secondary N) is 1. The predicted molar refractivity (Wildman–Crippen MR) is 102 cm³/mol.